The van der Waals surface area contributed by atoms with E-state index in [1.165, 1.54) is 16.6 Å². The average Bonchev–Trinajstić information content (AvgIpc) is 2.53. The number of hydrogen-bond acceptors (Lipinski definition) is 1. The Morgan fingerprint density at radius 3 is 2.87 bits per heavy atom. The van der Waals surface area contributed by atoms with Crippen LogP contribution in [0.5, 0.6) is 0 Å². The van der Waals surface area contributed by atoms with Crippen molar-refractivity contribution in [1.82, 2.24) is 0 Å². The summed E-state index contributed by atoms with van der Waals surface area (Å²) in [6, 6.07) is 6.59. The minimum absolute atomic E-state index is 0.225. The Labute approximate surface area is 92.8 Å². The Kier molecular flexibility index (Phi) is 2.63. The molecular weight excluding hydrogens is 183 g/mol. The van der Waals surface area contributed by atoms with Crippen LogP contribution in [0.1, 0.15) is 37.8 Å². The maximum atomic E-state index is 9.16. The molecule has 1 radical (unpaired) electrons. The molecule has 1 aromatic carbocycles. The molecule has 15 heavy (non-hydrogen) atoms. The van der Waals surface area contributed by atoms with Crippen molar-refractivity contribution in [2.75, 3.05) is 6.61 Å². The van der Waals surface area contributed by atoms with Crippen LogP contribution in [0.4, 0.5) is 0 Å². The molecule has 1 atom stereocenters. The third kappa shape index (κ3) is 1.83. The average molecular weight is 201 g/mol. The highest BCUT2D eigenvalue weighted by molar-refractivity contribution is 6.56. The number of hydrogen-bond donors (Lipinski definition) is 1. The SMILES string of the molecule is CC(CO)c1ccc2c(c1)C(C)(C)C[B]2. The molecule has 2 rings (SSSR count). The van der Waals surface area contributed by atoms with Crippen LogP contribution in [0.25, 0.3) is 0 Å². The van der Waals surface area contributed by atoms with Gasteiger partial charge in [-0.05, 0) is 16.5 Å². The molecule has 2 heteroatoms. The second kappa shape index (κ2) is 3.68. The highest BCUT2D eigenvalue weighted by Gasteiger charge is 2.30. The number of benzene rings is 1. The minimum Gasteiger partial charge on any atom is -0.396 e. The molecule has 0 aliphatic carbocycles. The van der Waals surface area contributed by atoms with E-state index in [1.807, 2.05) is 0 Å². The Hall–Kier alpha value is -0.755. The van der Waals surface area contributed by atoms with Gasteiger partial charge in [0.1, 0.15) is 0 Å². The molecule has 1 aliphatic heterocycles. The molecule has 1 aromatic rings. The Morgan fingerprint density at radius 2 is 2.20 bits per heavy atom. The molecule has 79 valence electrons. The highest BCUT2D eigenvalue weighted by Crippen LogP contribution is 2.32. The highest BCUT2D eigenvalue weighted by atomic mass is 16.3. The predicted octanol–water partition coefficient (Wildman–Crippen LogP) is 1.82. The zero-order valence-electron chi connectivity index (χ0n) is 9.75. The summed E-state index contributed by atoms with van der Waals surface area (Å²) in [6.07, 6.45) is 1.12. The van der Waals surface area contributed by atoms with Gasteiger partial charge in [0.25, 0.3) is 0 Å². The van der Waals surface area contributed by atoms with E-state index in [1.54, 1.807) is 0 Å². The minimum atomic E-state index is 0.225. The lowest BCUT2D eigenvalue weighted by atomic mass is 9.69. The van der Waals surface area contributed by atoms with Gasteiger partial charge in [0.2, 0.25) is 0 Å². The third-order valence-electron chi connectivity index (χ3n) is 3.48. The van der Waals surface area contributed by atoms with Crippen LogP contribution in [0, 0.1) is 0 Å². The van der Waals surface area contributed by atoms with E-state index in [9.17, 15) is 0 Å². The van der Waals surface area contributed by atoms with Crippen molar-refractivity contribution in [3.63, 3.8) is 0 Å². The first-order chi connectivity index (χ1) is 7.04. The Bertz CT molecular complexity index is 371. The normalized spacial score (nSPS) is 19.5. The van der Waals surface area contributed by atoms with Gasteiger partial charge in [0.15, 0.2) is 7.28 Å². The maximum Gasteiger partial charge on any atom is 0.152 e. The van der Waals surface area contributed by atoms with Gasteiger partial charge in [-0.25, -0.2) is 0 Å². The summed E-state index contributed by atoms with van der Waals surface area (Å²) in [5, 5.41) is 9.16. The van der Waals surface area contributed by atoms with Crippen molar-refractivity contribution in [2.24, 2.45) is 0 Å². The van der Waals surface area contributed by atoms with E-state index in [0.717, 1.165) is 6.32 Å². The van der Waals surface area contributed by atoms with Gasteiger partial charge in [-0.15, -0.1) is 0 Å². The first kappa shape index (κ1) is 10.8. The number of aliphatic hydroxyl groups is 1. The molecule has 0 bridgehead atoms. The standard InChI is InChI=1S/C13H18BO/c1-9(7-15)10-4-5-12-11(6-10)13(2,3)8-14-12/h4-6,9,15H,7-8H2,1-3H3. The fourth-order valence-electron chi connectivity index (χ4n) is 2.23. The lowest BCUT2D eigenvalue weighted by Crippen LogP contribution is -2.16. The summed E-state index contributed by atoms with van der Waals surface area (Å²) in [7, 11) is 2.31. The molecule has 1 aliphatic rings. The fraction of sp³-hybridized carbons (Fsp3) is 0.538. The summed E-state index contributed by atoms with van der Waals surface area (Å²) in [6.45, 7) is 6.85. The smallest absolute Gasteiger partial charge is 0.152 e. The molecule has 0 fully saturated rings. The Balaban J connectivity index is 2.41. The van der Waals surface area contributed by atoms with Crippen molar-refractivity contribution < 1.29 is 5.11 Å². The fourth-order valence-corrected chi connectivity index (χ4v) is 2.23. The van der Waals surface area contributed by atoms with Crippen LogP contribution in [-0.2, 0) is 5.41 Å². The Morgan fingerprint density at radius 1 is 1.47 bits per heavy atom. The molecule has 1 unspecified atom stereocenters. The van der Waals surface area contributed by atoms with Gasteiger partial charge in [0.05, 0.1) is 0 Å². The van der Waals surface area contributed by atoms with E-state index >= 15 is 0 Å². The summed E-state index contributed by atoms with van der Waals surface area (Å²) in [5.74, 6) is 0.242. The molecule has 0 amide bonds. The molecule has 0 spiro atoms. The maximum absolute atomic E-state index is 9.16. The van der Waals surface area contributed by atoms with Crippen molar-refractivity contribution >= 4 is 12.7 Å². The molecule has 1 nitrogen and oxygen atoms in total. The largest absolute Gasteiger partial charge is 0.396 e. The topological polar surface area (TPSA) is 20.2 Å². The van der Waals surface area contributed by atoms with Crippen LogP contribution < -0.4 is 5.46 Å². The van der Waals surface area contributed by atoms with E-state index in [-0.39, 0.29) is 17.9 Å². The third-order valence-corrected chi connectivity index (χ3v) is 3.48. The van der Waals surface area contributed by atoms with Crippen LogP contribution in [0.15, 0.2) is 18.2 Å². The quantitative estimate of drug-likeness (QED) is 0.723. The summed E-state index contributed by atoms with van der Waals surface area (Å²) in [4.78, 5) is 0. The van der Waals surface area contributed by atoms with E-state index in [4.69, 9.17) is 5.11 Å². The first-order valence-corrected chi connectivity index (χ1v) is 5.63. The van der Waals surface area contributed by atoms with Crippen molar-refractivity contribution in [3.05, 3.63) is 29.3 Å². The summed E-state index contributed by atoms with van der Waals surface area (Å²) < 4.78 is 0. The molecule has 1 N–H and O–H groups in total. The second-order valence-corrected chi connectivity index (χ2v) is 5.22. The lowest BCUT2D eigenvalue weighted by molar-refractivity contribution is 0.273. The molecular formula is C13H18BO. The van der Waals surface area contributed by atoms with Gasteiger partial charge in [-0.3, -0.25) is 0 Å². The predicted molar refractivity (Wildman–Crippen MR) is 65.2 cm³/mol. The number of fused-ring (bicyclic) bond motifs is 1. The van der Waals surface area contributed by atoms with Crippen LogP contribution in [0.3, 0.4) is 0 Å². The molecule has 1 heterocycles. The van der Waals surface area contributed by atoms with Gasteiger partial charge in [-0.2, -0.15) is 0 Å². The number of aliphatic hydroxyl groups excluding tert-OH is 1. The summed E-state index contributed by atoms with van der Waals surface area (Å²) >= 11 is 0. The molecule has 0 aromatic heterocycles. The van der Waals surface area contributed by atoms with Gasteiger partial charge in [-0.1, -0.05) is 50.8 Å². The zero-order valence-corrected chi connectivity index (χ0v) is 9.75. The molecule has 0 saturated carbocycles. The summed E-state index contributed by atoms with van der Waals surface area (Å²) in [5.41, 5.74) is 4.31. The van der Waals surface area contributed by atoms with Crippen molar-refractivity contribution in [1.29, 1.82) is 0 Å². The van der Waals surface area contributed by atoms with Crippen molar-refractivity contribution in [3.8, 4) is 0 Å². The van der Waals surface area contributed by atoms with Gasteiger partial charge >= 0.3 is 0 Å². The zero-order chi connectivity index (χ0) is 11.1. The lowest BCUT2D eigenvalue weighted by Gasteiger charge is -2.21. The van der Waals surface area contributed by atoms with E-state index in [2.05, 4.69) is 46.2 Å². The first-order valence-electron chi connectivity index (χ1n) is 5.63. The van der Waals surface area contributed by atoms with E-state index in [0.29, 0.717) is 0 Å². The monoisotopic (exact) mass is 201 g/mol. The van der Waals surface area contributed by atoms with E-state index < -0.39 is 0 Å². The van der Waals surface area contributed by atoms with Gasteiger partial charge in [0, 0.05) is 12.5 Å². The van der Waals surface area contributed by atoms with Crippen LogP contribution in [0.2, 0.25) is 6.32 Å². The van der Waals surface area contributed by atoms with Gasteiger partial charge < -0.3 is 5.11 Å². The van der Waals surface area contributed by atoms with Crippen LogP contribution in [-0.4, -0.2) is 19.0 Å². The van der Waals surface area contributed by atoms with Crippen molar-refractivity contribution in [2.45, 2.75) is 38.4 Å². The number of rotatable bonds is 2. The second-order valence-electron chi connectivity index (χ2n) is 5.22. The molecule has 0 saturated heterocycles. The van der Waals surface area contributed by atoms with Crippen LogP contribution >= 0.6 is 0 Å².